The van der Waals surface area contributed by atoms with Crippen molar-refractivity contribution in [2.24, 2.45) is 5.73 Å². The highest BCUT2D eigenvalue weighted by Gasteiger charge is 2.39. The molecular weight excluding hydrogens is 370 g/mol. The summed E-state index contributed by atoms with van der Waals surface area (Å²) in [6, 6.07) is 3.61. The van der Waals surface area contributed by atoms with Gasteiger partial charge in [-0.25, -0.2) is 4.68 Å². The Morgan fingerprint density at radius 1 is 1.30 bits per heavy atom. The monoisotopic (exact) mass is 393 g/mol. The maximum Gasteiger partial charge on any atom is 0.219 e. The first-order chi connectivity index (χ1) is 13.1. The van der Waals surface area contributed by atoms with Crippen LogP contribution in [-0.4, -0.2) is 57.2 Å². The lowest BCUT2D eigenvalue weighted by Gasteiger charge is -2.37. The molecule has 9 nitrogen and oxygen atoms in total. The van der Waals surface area contributed by atoms with Crippen LogP contribution in [0.1, 0.15) is 19.3 Å². The Labute approximate surface area is 161 Å². The van der Waals surface area contributed by atoms with Crippen molar-refractivity contribution in [2.45, 2.75) is 38.3 Å². The second-order valence-electron chi connectivity index (χ2n) is 6.82. The zero-order chi connectivity index (χ0) is 18.9. The number of piperidine rings is 1. The number of carbonyl (C=O) groups excluding carboxylic acids is 1. The van der Waals surface area contributed by atoms with E-state index >= 15 is 0 Å². The Morgan fingerprint density at radius 2 is 2.04 bits per heavy atom. The number of aromatic nitrogens is 3. The molecule has 10 heteroatoms. The van der Waals surface area contributed by atoms with Crippen LogP contribution in [0.3, 0.4) is 0 Å². The van der Waals surface area contributed by atoms with E-state index in [-0.39, 0.29) is 12.3 Å². The highest BCUT2D eigenvalue weighted by molar-refractivity contribution is 7.71. The van der Waals surface area contributed by atoms with E-state index in [2.05, 4.69) is 10.00 Å². The van der Waals surface area contributed by atoms with Gasteiger partial charge in [-0.2, -0.15) is 0 Å². The third kappa shape index (κ3) is 3.84. The summed E-state index contributed by atoms with van der Waals surface area (Å²) in [5.41, 5.74) is 5.30. The number of rotatable bonds is 6. The molecule has 2 aromatic heterocycles. The molecule has 2 aliphatic heterocycles. The molecule has 0 aliphatic carbocycles. The van der Waals surface area contributed by atoms with Gasteiger partial charge >= 0.3 is 0 Å². The topological polar surface area (TPSA) is 101 Å². The van der Waals surface area contributed by atoms with Crippen molar-refractivity contribution in [1.82, 2.24) is 19.2 Å². The van der Waals surface area contributed by atoms with Crippen LogP contribution in [-0.2, 0) is 27.5 Å². The molecule has 2 aromatic rings. The standard InChI is InChI=1S/C17H23N5O4S/c18-14(23)3-6-21-15(13-2-1-9-24-13)19-22(16(21)27)12-20-7-4-17(5-8-20)25-10-11-26-17/h1-2,9H,3-8,10-12H2,(H2,18,23). The van der Waals surface area contributed by atoms with Crippen molar-refractivity contribution in [2.75, 3.05) is 26.3 Å². The van der Waals surface area contributed by atoms with Crippen LogP contribution < -0.4 is 5.73 Å². The van der Waals surface area contributed by atoms with Gasteiger partial charge in [0.15, 0.2) is 22.1 Å². The van der Waals surface area contributed by atoms with Gasteiger partial charge in [-0.1, -0.05) is 0 Å². The number of amides is 1. The number of furan rings is 1. The van der Waals surface area contributed by atoms with Crippen LogP contribution >= 0.6 is 12.2 Å². The largest absolute Gasteiger partial charge is 0.461 e. The smallest absolute Gasteiger partial charge is 0.219 e. The van der Waals surface area contributed by atoms with Crippen molar-refractivity contribution in [3.8, 4) is 11.6 Å². The number of hydrogen-bond donors (Lipinski definition) is 1. The number of hydrogen-bond acceptors (Lipinski definition) is 7. The molecule has 4 heterocycles. The van der Waals surface area contributed by atoms with Crippen LogP contribution in [0.2, 0.25) is 0 Å². The van der Waals surface area contributed by atoms with Crippen molar-refractivity contribution < 1.29 is 18.7 Å². The Kier molecular flexibility index (Phi) is 5.13. The lowest BCUT2D eigenvalue weighted by Crippen LogP contribution is -2.45. The third-order valence-electron chi connectivity index (χ3n) is 5.01. The van der Waals surface area contributed by atoms with Gasteiger partial charge in [0, 0.05) is 38.9 Å². The summed E-state index contributed by atoms with van der Waals surface area (Å²) in [6.07, 6.45) is 3.43. The zero-order valence-electron chi connectivity index (χ0n) is 15.0. The van der Waals surface area contributed by atoms with Gasteiger partial charge in [0.05, 0.1) is 26.1 Å². The van der Waals surface area contributed by atoms with Crippen molar-refractivity contribution in [3.63, 3.8) is 0 Å². The molecule has 27 heavy (non-hydrogen) atoms. The van der Waals surface area contributed by atoms with E-state index in [1.807, 2.05) is 6.07 Å². The van der Waals surface area contributed by atoms with E-state index in [0.717, 1.165) is 25.9 Å². The van der Waals surface area contributed by atoms with Gasteiger partial charge in [-0.15, -0.1) is 5.10 Å². The first kappa shape index (κ1) is 18.4. The molecule has 2 N–H and O–H groups in total. The van der Waals surface area contributed by atoms with E-state index in [9.17, 15) is 4.79 Å². The Morgan fingerprint density at radius 3 is 2.67 bits per heavy atom. The molecule has 0 aromatic carbocycles. The first-order valence-corrected chi connectivity index (χ1v) is 9.47. The quantitative estimate of drug-likeness (QED) is 0.739. The molecular formula is C17H23N5O4S. The van der Waals surface area contributed by atoms with E-state index in [0.29, 0.717) is 42.8 Å². The Hall–Kier alpha value is -2.01. The van der Waals surface area contributed by atoms with E-state index in [1.54, 1.807) is 21.6 Å². The molecule has 0 bridgehead atoms. The summed E-state index contributed by atoms with van der Waals surface area (Å²) in [4.78, 5) is 13.5. The van der Waals surface area contributed by atoms with Crippen LogP contribution in [0.15, 0.2) is 22.8 Å². The van der Waals surface area contributed by atoms with Crippen LogP contribution in [0.25, 0.3) is 11.6 Å². The van der Waals surface area contributed by atoms with Crippen LogP contribution in [0, 0.1) is 4.77 Å². The zero-order valence-corrected chi connectivity index (χ0v) is 15.8. The third-order valence-corrected chi connectivity index (χ3v) is 5.44. The Bertz CT molecular complexity index is 843. The van der Waals surface area contributed by atoms with Crippen molar-refractivity contribution >= 4 is 18.1 Å². The summed E-state index contributed by atoms with van der Waals surface area (Å²) in [6.45, 7) is 3.95. The molecule has 1 spiro atoms. The molecule has 2 fully saturated rings. The van der Waals surface area contributed by atoms with E-state index < -0.39 is 5.79 Å². The van der Waals surface area contributed by atoms with Gasteiger partial charge in [-0.05, 0) is 24.4 Å². The fourth-order valence-corrected chi connectivity index (χ4v) is 3.83. The predicted molar refractivity (Wildman–Crippen MR) is 98.0 cm³/mol. The molecule has 0 unspecified atom stereocenters. The molecule has 146 valence electrons. The average molecular weight is 393 g/mol. The molecule has 0 radical (unpaired) electrons. The van der Waals surface area contributed by atoms with Gasteiger partial charge < -0.3 is 19.6 Å². The molecule has 0 atom stereocenters. The summed E-state index contributed by atoms with van der Waals surface area (Å²) < 4.78 is 21.1. The maximum atomic E-state index is 11.2. The molecule has 2 aliphatic rings. The van der Waals surface area contributed by atoms with Gasteiger partial charge in [-0.3, -0.25) is 14.3 Å². The van der Waals surface area contributed by atoms with Gasteiger partial charge in [0.1, 0.15) is 0 Å². The predicted octanol–water partition coefficient (Wildman–Crippen LogP) is 1.35. The Balaban J connectivity index is 1.52. The SMILES string of the molecule is NC(=O)CCn1c(-c2ccco2)nn(CN2CCC3(CC2)OCCO3)c1=S. The molecule has 1 amide bonds. The second kappa shape index (κ2) is 7.55. The summed E-state index contributed by atoms with van der Waals surface area (Å²) in [5.74, 6) is 0.419. The first-order valence-electron chi connectivity index (χ1n) is 9.06. The minimum atomic E-state index is -0.405. The number of carbonyl (C=O) groups is 1. The number of ether oxygens (including phenoxy) is 2. The van der Waals surface area contributed by atoms with Gasteiger partial charge in [0.25, 0.3) is 0 Å². The number of nitrogens with two attached hydrogens (primary N) is 1. The lowest BCUT2D eigenvalue weighted by atomic mass is 10.0. The second-order valence-corrected chi connectivity index (χ2v) is 7.18. The minimum absolute atomic E-state index is 0.189. The average Bonchev–Trinajstić information content (AvgIpc) is 3.38. The van der Waals surface area contributed by atoms with Crippen LogP contribution in [0.4, 0.5) is 0 Å². The number of primary amides is 1. The van der Waals surface area contributed by atoms with Crippen molar-refractivity contribution in [1.29, 1.82) is 0 Å². The summed E-state index contributed by atoms with van der Waals surface area (Å²) in [7, 11) is 0. The normalized spacial score (nSPS) is 19.7. The number of likely N-dealkylation sites (tertiary alicyclic amines) is 1. The highest BCUT2D eigenvalue weighted by atomic mass is 32.1. The fraction of sp³-hybridized carbons (Fsp3) is 0.588. The number of nitrogens with zero attached hydrogens (tertiary/aromatic N) is 4. The lowest BCUT2D eigenvalue weighted by molar-refractivity contribution is -0.187. The molecule has 0 saturated carbocycles. The highest BCUT2D eigenvalue weighted by Crippen LogP contribution is 2.31. The van der Waals surface area contributed by atoms with E-state index in [4.69, 9.17) is 31.8 Å². The van der Waals surface area contributed by atoms with E-state index in [1.165, 1.54) is 0 Å². The van der Waals surface area contributed by atoms with Crippen molar-refractivity contribution in [3.05, 3.63) is 23.2 Å². The fourth-order valence-electron chi connectivity index (χ4n) is 3.56. The maximum absolute atomic E-state index is 11.2. The summed E-state index contributed by atoms with van der Waals surface area (Å²) in [5, 5.41) is 4.64. The van der Waals surface area contributed by atoms with Gasteiger partial charge in [0.2, 0.25) is 5.91 Å². The summed E-state index contributed by atoms with van der Waals surface area (Å²) >= 11 is 5.60. The van der Waals surface area contributed by atoms with Crippen LogP contribution in [0.5, 0.6) is 0 Å². The molecule has 4 rings (SSSR count). The molecule has 2 saturated heterocycles. The minimum Gasteiger partial charge on any atom is -0.461 e.